The van der Waals surface area contributed by atoms with Gasteiger partial charge < -0.3 is 10.1 Å². The number of carbonyl (C=O) groups excluding carboxylic acids is 1. The Kier molecular flexibility index (Phi) is 6.20. The zero-order valence-electron chi connectivity index (χ0n) is 18.9. The molecule has 0 radical (unpaired) electrons. The molecule has 1 amide bonds. The number of rotatable bonds is 7. The summed E-state index contributed by atoms with van der Waals surface area (Å²) in [6, 6.07) is 15.7. The van der Waals surface area contributed by atoms with Gasteiger partial charge in [-0.25, -0.2) is 13.4 Å². The summed E-state index contributed by atoms with van der Waals surface area (Å²) in [5, 5.41) is 3.33. The van der Waals surface area contributed by atoms with Crippen LogP contribution in [0.4, 0.5) is 24.7 Å². The Bertz CT molecular complexity index is 1560. The minimum atomic E-state index is -4.88. The number of carbonyl (C=O) groups is 1. The number of benzene rings is 2. The fourth-order valence-corrected chi connectivity index (χ4v) is 5.03. The highest BCUT2D eigenvalue weighted by Crippen LogP contribution is 2.48. The molecule has 2 aromatic heterocycles. The van der Waals surface area contributed by atoms with Crippen molar-refractivity contribution >= 4 is 38.2 Å². The molecule has 0 spiro atoms. The van der Waals surface area contributed by atoms with Gasteiger partial charge in [-0.15, -0.1) is 13.2 Å². The van der Waals surface area contributed by atoms with Crippen molar-refractivity contribution in [2.45, 2.75) is 23.6 Å². The summed E-state index contributed by atoms with van der Waals surface area (Å²) in [4.78, 5) is 20.6. The zero-order valence-corrected chi connectivity index (χ0v) is 19.8. The van der Waals surface area contributed by atoms with Gasteiger partial charge in [0.25, 0.3) is 10.0 Å². The second-order valence-corrected chi connectivity index (χ2v) is 10.1. The number of halogens is 3. The van der Waals surface area contributed by atoms with E-state index >= 15 is 0 Å². The standard InChI is InChI=1S/C25H19F3N4O4S/c26-25(27,28)36-22-14-29-13-16-4-7-17(11-20(16)22)31-24(33)21-12-19(21)15-5-8-18(9-6-15)37(34,35)32-23-3-1-2-10-30-23/h1-11,13-14,19,21H,12H2,(H,30,32)(H,31,33)/t19?,21-/m1/s1. The predicted molar refractivity (Wildman–Crippen MR) is 129 cm³/mol. The molecule has 2 atom stereocenters. The molecular weight excluding hydrogens is 509 g/mol. The average Bonchev–Trinajstić information content (AvgIpc) is 3.65. The largest absolute Gasteiger partial charge is 0.573 e. The summed E-state index contributed by atoms with van der Waals surface area (Å²) < 4.78 is 69.8. The highest BCUT2D eigenvalue weighted by Gasteiger charge is 2.44. The average molecular weight is 529 g/mol. The SMILES string of the molecule is O=C(Nc1ccc2cncc(OC(F)(F)F)c2c1)[C@@H]1CC1c1ccc(S(=O)(=O)Nc2ccccn2)cc1. The van der Waals surface area contributed by atoms with Gasteiger partial charge in [0.1, 0.15) is 5.82 Å². The maximum atomic E-state index is 12.8. The van der Waals surface area contributed by atoms with Crippen molar-refractivity contribution in [3.8, 4) is 5.75 Å². The van der Waals surface area contributed by atoms with Gasteiger partial charge in [0.05, 0.1) is 11.1 Å². The first kappa shape index (κ1) is 24.5. The van der Waals surface area contributed by atoms with Crippen molar-refractivity contribution in [3.05, 3.63) is 84.8 Å². The monoisotopic (exact) mass is 528 g/mol. The number of hydrogen-bond donors (Lipinski definition) is 2. The van der Waals surface area contributed by atoms with Crippen LogP contribution >= 0.6 is 0 Å². The number of hydrogen-bond acceptors (Lipinski definition) is 6. The maximum absolute atomic E-state index is 12.8. The van der Waals surface area contributed by atoms with Crippen LogP contribution in [0, 0.1) is 5.92 Å². The number of amides is 1. The Labute approximate surface area is 209 Å². The number of aromatic nitrogens is 2. The van der Waals surface area contributed by atoms with Gasteiger partial charge in [0.15, 0.2) is 5.75 Å². The Hall–Kier alpha value is -4.19. The van der Waals surface area contributed by atoms with Gasteiger partial charge in [0, 0.05) is 34.8 Å². The quantitative estimate of drug-likeness (QED) is 0.347. The van der Waals surface area contributed by atoms with E-state index in [1.165, 1.54) is 36.7 Å². The summed E-state index contributed by atoms with van der Waals surface area (Å²) >= 11 is 0. The lowest BCUT2D eigenvalue weighted by atomic mass is 10.1. The van der Waals surface area contributed by atoms with E-state index < -0.39 is 22.1 Å². The molecule has 2 heterocycles. The van der Waals surface area contributed by atoms with Gasteiger partial charge in [-0.1, -0.05) is 24.3 Å². The van der Waals surface area contributed by atoms with Crippen molar-refractivity contribution in [2.24, 2.45) is 5.92 Å². The Balaban J connectivity index is 1.25. The first-order valence-corrected chi connectivity index (χ1v) is 12.6. The van der Waals surface area contributed by atoms with E-state index in [4.69, 9.17) is 0 Å². The molecule has 8 nitrogen and oxygen atoms in total. The normalized spacial score (nSPS) is 17.3. The van der Waals surface area contributed by atoms with Crippen molar-refractivity contribution in [1.82, 2.24) is 9.97 Å². The van der Waals surface area contributed by atoms with Crippen molar-refractivity contribution in [1.29, 1.82) is 0 Å². The van der Waals surface area contributed by atoms with E-state index in [-0.39, 0.29) is 33.8 Å². The molecule has 2 aromatic carbocycles. The first-order valence-electron chi connectivity index (χ1n) is 11.1. The lowest BCUT2D eigenvalue weighted by Crippen LogP contribution is -2.17. The fourth-order valence-electron chi connectivity index (χ4n) is 4.02. The van der Waals surface area contributed by atoms with Crippen LogP contribution in [-0.2, 0) is 14.8 Å². The van der Waals surface area contributed by atoms with Crippen LogP contribution in [0.2, 0.25) is 0 Å². The number of pyridine rings is 2. The number of nitrogens with zero attached hydrogens (tertiary/aromatic N) is 2. The van der Waals surface area contributed by atoms with Crippen LogP contribution in [0.1, 0.15) is 17.9 Å². The summed E-state index contributed by atoms with van der Waals surface area (Å²) in [5.41, 5.74) is 1.13. The minimum Gasteiger partial charge on any atom is -0.403 e. The van der Waals surface area contributed by atoms with E-state index in [1.807, 2.05) is 0 Å². The molecule has 37 heavy (non-hydrogen) atoms. The molecule has 1 fully saturated rings. The molecule has 190 valence electrons. The van der Waals surface area contributed by atoms with Crippen LogP contribution in [-0.4, -0.2) is 30.7 Å². The number of fused-ring (bicyclic) bond motifs is 1. The molecule has 0 aliphatic heterocycles. The Morgan fingerprint density at radius 3 is 2.51 bits per heavy atom. The smallest absolute Gasteiger partial charge is 0.403 e. The molecule has 2 N–H and O–H groups in total. The van der Waals surface area contributed by atoms with Gasteiger partial charge in [-0.3, -0.25) is 14.5 Å². The Morgan fingerprint density at radius 1 is 1.03 bits per heavy atom. The van der Waals surface area contributed by atoms with Crippen molar-refractivity contribution in [2.75, 3.05) is 10.0 Å². The van der Waals surface area contributed by atoms with Crippen molar-refractivity contribution in [3.63, 3.8) is 0 Å². The van der Waals surface area contributed by atoms with E-state index in [2.05, 4.69) is 24.7 Å². The highest BCUT2D eigenvalue weighted by molar-refractivity contribution is 7.92. The third kappa shape index (κ3) is 5.64. The van der Waals surface area contributed by atoms with Crippen LogP contribution in [0.25, 0.3) is 10.8 Å². The molecule has 0 bridgehead atoms. The van der Waals surface area contributed by atoms with E-state index in [1.54, 1.807) is 36.4 Å². The van der Waals surface area contributed by atoms with E-state index in [0.717, 1.165) is 11.8 Å². The summed E-state index contributed by atoms with van der Waals surface area (Å²) in [6.07, 6.45) is -0.474. The third-order valence-corrected chi connectivity index (χ3v) is 7.24. The number of nitrogens with one attached hydrogen (secondary N) is 2. The molecular formula is C25H19F3N4O4S. The van der Waals surface area contributed by atoms with Gasteiger partial charge in [-0.05, 0) is 54.3 Å². The van der Waals surface area contributed by atoms with Crippen molar-refractivity contribution < 1.29 is 31.1 Å². The number of sulfonamides is 1. The second-order valence-electron chi connectivity index (χ2n) is 8.45. The summed E-state index contributed by atoms with van der Waals surface area (Å²) in [7, 11) is -3.82. The predicted octanol–water partition coefficient (Wildman–Crippen LogP) is 5.07. The zero-order chi connectivity index (χ0) is 26.2. The van der Waals surface area contributed by atoms with Gasteiger partial charge >= 0.3 is 6.36 Å². The fraction of sp³-hybridized carbons (Fsp3) is 0.160. The molecule has 5 rings (SSSR count). The van der Waals surface area contributed by atoms with E-state index in [0.29, 0.717) is 17.5 Å². The third-order valence-electron chi connectivity index (χ3n) is 5.87. The van der Waals surface area contributed by atoms with Crippen LogP contribution < -0.4 is 14.8 Å². The second kappa shape index (κ2) is 9.36. The minimum absolute atomic E-state index is 0.0612. The first-order chi connectivity index (χ1) is 17.6. The Morgan fingerprint density at radius 2 is 1.81 bits per heavy atom. The highest BCUT2D eigenvalue weighted by atomic mass is 32.2. The summed E-state index contributed by atoms with van der Waals surface area (Å²) in [5.74, 6) is -1.00. The number of ether oxygens (including phenoxy) is 1. The summed E-state index contributed by atoms with van der Waals surface area (Å²) in [6.45, 7) is 0. The molecule has 1 aliphatic rings. The maximum Gasteiger partial charge on any atom is 0.573 e. The molecule has 1 aliphatic carbocycles. The van der Waals surface area contributed by atoms with E-state index in [9.17, 15) is 26.4 Å². The van der Waals surface area contributed by atoms with Gasteiger partial charge in [-0.2, -0.15) is 0 Å². The molecule has 1 unspecified atom stereocenters. The van der Waals surface area contributed by atoms with Gasteiger partial charge in [0.2, 0.25) is 5.91 Å². The number of anilines is 2. The molecule has 12 heteroatoms. The topological polar surface area (TPSA) is 110 Å². The molecule has 4 aromatic rings. The van der Waals surface area contributed by atoms with Crippen LogP contribution in [0.3, 0.4) is 0 Å². The lowest BCUT2D eigenvalue weighted by Gasteiger charge is -2.12. The van der Waals surface area contributed by atoms with Crippen LogP contribution in [0.5, 0.6) is 5.75 Å². The van der Waals surface area contributed by atoms with Crippen LogP contribution in [0.15, 0.2) is 84.1 Å². The number of alkyl halides is 3. The molecule has 0 saturated heterocycles. The lowest BCUT2D eigenvalue weighted by molar-refractivity contribution is -0.274. The molecule has 1 saturated carbocycles.